The third-order valence-electron chi connectivity index (χ3n) is 13.9. The summed E-state index contributed by atoms with van der Waals surface area (Å²) in [6, 6.07) is 0. The lowest BCUT2D eigenvalue weighted by molar-refractivity contribution is -0.249. The lowest BCUT2D eigenvalue weighted by Crippen LogP contribution is -2.68. The molecule has 4 saturated carbocycles. The maximum absolute atomic E-state index is 13.4. The highest BCUT2D eigenvalue weighted by molar-refractivity contribution is 5.78. The topological polar surface area (TPSA) is 76.0 Å². The van der Waals surface area contributed by atoms with Crippen molar-refractivity contribution in [1.29, 1.82) is 0 Å². The van der Waals surface area contributed by atoms with Gasteiger partial charge < -0.3 is 19.7 Å². The van der Waals surface area contributed by atoms with E-state index < -0.39 is 16.9 Å². The lowest BCUT2D eigenvalue weighted by atomic mass is 9.33. The van der Waals surface area contributed by atoms with Crippen molar-refractivity contribution >= 4 is 5.97 Å². The van der Waals surface area contributed by atoms with Crippen LogP contribution in [-0.2, 0) is 14.3 Å². The Bertz CT molecular complexity index is 961. The summed E-state index contributed by atoms with van der Waals surface area (Å²) < 4.78 is 11.3. The van der Waals surface area contributed by atoms with Crippen LogP contribution >= 0.6 is 0 Å². The minimum absolute atomic E-state index is 0.00173. The maximum atomic E-state index is 13.4. The van der Waals surface area contributed by atoms with Gasteiger partial charge in [-0.3, -0.25) is 4.79 Å². The van der Waals surface area contributed by atoms with E-state index in [1.54, 1.807) is 14.2 Å². The van der Waals surface area contributed by atoms with E-state index in [0.717, 1.165) is 44.9 Å². The van der Waals surface area contributed by atoms with Crippen LogP contribution in [0, 0.1) is 56.7 Å². The summed E-state index contributed by atoms with van der Waals surface area (Å²) in [5.74, 6) is 1.98. The molecular weight excluding hydrogens is 464 g/mol. The molecule has 5 rings (SSSR count). The summed E-state index contributed by atoms with van der Waals surface area (Å²) in [5, 5.41) is 22.0. The lowest BCUT2D eigenvalue weighted by Gasteiger charge is -2.72. The molecule has 0 heterocycles. The van der Waals surface area contributed by atoms with Gasteiger partial charge in [-0.05, 0) is 97.2 Å². The molecule has 5 aliphatic rings. The van der Waals surface area contributed by atoms with E-state index in [4.69, 9.17) is 9.47 Å². The SMILES string of the molecule is COC(=O)[C@]12CC[C@@H](C)[C@H](C)[C@H]1C1=CC[C@@H]3[C@@]4(C)C[C@@H](O)[C@H](OC)[C@@](C)(CO)[C@@H]4CC[C@@]3(C)[C@]1(C)CC2. The molecule has 0 aromatic rings. The third-order valence-corrected chi connectivity index (χ3v) is 13.9. The Morgan fingerprint density at radius 2 is 1.73 bits per heavy atom. The average Bonchev–Trinajstić information content (AvgIpc) is 2.86. The first kappa shape index (κ1) is 27.6. The fourth-order valence-corrected chi connectivity index (χ4v) is 11.6. The highest BCUT2D eigenvalue weighted by Crippen LogP contribution is 2.75. The number of allylic oxidation sites excluding steroid dienone is 2. The van der Waals surface area contributed by atoms with Crippen molar-refractivity contribution in [3.63, 3.8) is 0 Å². The van der Waals surface area contributed by atoms with Gasteiger partial charge in [0.15, 0.2) is 0 Å². The van der Waals surface area contributed by atoms with Crippen LogP contribution in [0.4, 0.5) is 0 Å². The second-order valence-corrected chi connectivity index (χ2v) is 14.9. The van der Waals surface area contributed by atoms with E-state index in [1.165, 1.54) is 5.57 Å². The first-order valence-electron chi connectivity index (χ1n) is 14.9. The standard InChI is InChI=1S/C32H52O5/c1-19-11-14-32(27(35)37-8)16-15-30(5)21(25(32)20(19)2)9-10-24-28(3)17-22(34)26(36-7)29(4,18-33)23(28)12-13-31(24,30)6/h9,19-20,22-26,33-34H,10-18H2,1-8H3/t19-,20+,22-,23-,24-,25+,26+,28+,29+,30-,31-,32+/m1/s1. The van der Waals surface area contributed by atoms with Gasteiger partial charge in [-0.2, -0.15) is 0 Å². The summed E-state index contributed by atoms with van der Waals surface area (Å²) in [4.78, 5) is 13.4. The Labute approximate surface area is 224 Å². The number of esters is 1. The van der Waals surface area contributed by atoms with Crippen molar-refractivity contribution in [2.24, 2.45) is 56.7 Å². The van der Waals surface area contributed by atoms with Gasteiger partial charge in [-0.15, -0.1) is 0 Å². The van der Waals surface area contributed by atoms with Gasteiger partial charge in [0, 0.05) is 12.5 Å². The van der Waals surface area contributed by atoms with Crippen molar-refractivity contribution in [2.75, 3.05) is 20.8 Å². The number of ether oxygens (including phenoxy) is 2. The van der Waals surface area contributed by atoms with Crippen molar-refractivity contribution in [3.05, 3.63) is 11.6 Å². The molecule has 12 atom stereocenters. The number of fused-ring (bicyclic) bond motifs is 7. The Hall–Kier alpha value is -0.910. The zero-order chi connectivity index (χ0) is 27.2. The number of hydrogen-bond acceptors (Lipinski definition) is 5. The minimum Gasteiger partial charge on any atom is -0.469 e. The third kappa shape index (κ3) is 3.29. The quantitative estimate of drug-likeness (QED) is 0.368. The van der Waals surface area contributed by atoms with E-state index in [0.29, 0.717) is 30.1 Å². The molecule has 0 aliphatic heterocycles. The molecule has 0 bridgehead atoms. The number of aliphatic hydroxyl groups is 2. The first-order valence-corrected chi connectivity index (χ1v) is 14.9. The molecule has 37 heavy (non-hydrogen) atoms. The second kappa shape index (κ2) is 8.80. The van der Waals surface area contributed by atoms with Crippen LogP contribution in [0.5, 0.6) is 0 Å². The number of methoxy groups -OCH3 is 2. The molecule has 210 valence electrons. The fraction of sp³-hybridized carbons (Fsp3) is 0.906. The van der Waals surface area contributed by atoms with Gasteiger partial charge in [0.25, 0.3) is 0 Å². The molecule has 5 nitrogen and oxygen atoms in total. The zero-order valence-corrected chi connectivity index (χ0v) is 24.6. The highest BCUT2D eigenvalue weighted by atomic mass is 16.5. The van der Waals surface area contributed by atoms with Crippen molar-refractivity contribution in [2.45, 2.75) is 105 Å². The molecule has 0 radical (unpaired) electrons. The summed E-state index contributed by atoms with van der Waals surface area (Å²) in [7, 11) is 3.25. The number of hydrogen-bond donors (Lipinski definition) is 2. The van der Waals surface area contributed by atoms with E-state index >= 15 is 0 Å². The monoisotopic (exact) mass is 516 g/mol. The van der Waals surface area contributed by atoms with Gasteiger partial charge in [0.05, 0.1) is 31.3 Å². The second-order valence-electron chi connectivity index (χ2n) is 14.9. The smallest absolute Gasteiger partial charge is 0.312 e. The fourth-order valence-electron chi connectivity index (χ4n) is 11.6. The Balaban J connectivity index is 1.61. The molecule has 4 fully saturated rings. The van der Waals surface area contributed by atoms with Crippen LogP contribution in [-0.4, -0.2) is 49.2 Å². The normalized spacial score (nSPS) is 55.2. The molecule has 0 aromatic heterocycles. The molecule has 5 aliphatic carbocycles. The molecule has 0 spiro atoms. The number of rotatable bonds is 3. The van der Waals surface area contributed by atoms with Crippen molar-refractivity contribution < 1.29 is 24.5 Å². The van der Waals surface area contributed by atoms with E-state index in [2.05, 4.69) is 47.6 Å². The first-order chi connectivity index (χ1) is 17.3. The van der Waals surface area contributed by atoms with Gasteiger partial charge in [-0.1, -0.05) is 53.2 Å². The summed E-state index contributed by atoms with van der Waals surface area (Å²) in [6.45, 7) is 14.3. The van der Waals surface area contributed by atoms with Gasteiger partial charge >= 0.3 is 5.97 Å². The Morgan fingerprint density at radius 1 is 1.03 bits per heavy atom. The van der Waals surface area contributed by atoms with Gasteiger partial charge in [-0.25, -0.2) is 0 Å². The molecule has 0 aromatic carbocycles. The molecule has 0 unspecified atom stereocenters. The van der Waals surface area contributed by atoms with Gasteiger partial charge in [0.2, 0.25) is 0 Å². The minimum atomic E-state index is -0.582. The van der Waals surface area contributed by atoms with Crippen molar-refractivity contribution in [1.82, 2.24) is 0 Å². The highest BCUT2D eigenvalue weighted by Gasteiger charge is 2.71. The van der Waals surface area contributed by atoms with Crippen LogP contribution < -0.4 is 0 Å². The van der Waals surface area contributed by atoms with Crippen LogP contribution in [0.15, 0.2) is 11.6 Å². The molecule has 2 N–H and O–H groups in total. The van der Waals surface area contributed by atoms with Crippen LogP contribution in [0.2, 0.25) is 0 Å². The Morgan fingerprint density at radius 3 is 2.35 bits per heavy atom. The van der Waals surface area contributed by atoms with Crippen LogP contribution in [0.3, 0.4) is 0 Å². The number of carbonyl (C=O) groups excluding carboxylic acids is 1. The molecule has 0 amide bonds. The predicted molar refractivity (Wildman–Crippen MR) is 145 cm³/mol. The number of aliphatic hydroxyl groups excluding tert-OH is 2. The summed E-state index contributed by atoms with van der Waals surface area (Å²) >= 11 is 0. The molecule has 5 heteroatoms. The zero-order valence-electron chi connectivity index (χ0n) is 24.6. The van der Waals surface area contributed by atoms with E-state index in [9.17, 15) is 15.0 Å². The summed E-state index contributed by atoms with van der Waals surface area (Å²) in [6.07, 6.45) is 9.40. The maximum Gasteiger partial charge on any atom is 0.312 e. The predicted octanol–water partition coefficient (Wildman–Crippen LogP) is 5.78. The van der Waals surface area contributed by atoms with Crippen LogP contribution in [0.1, 0.15) is 92.9 Å². The van der Waals surface area contributed by atoms with Gasteiger partial charge in [0.1, 0.15) is 0 Å². The molecule has 0 saturated heterocycles. The van der Waals surface area contributed by atoms with Crippen molar-refractivity contribution in [3.8, 4) is 0 Å². The average molecular weight is 517 g/mol. The summed E-state index contributed by atoms with van der Waals surface area (Å²) in [5.41, 5.74) is 0.662. The number of carbonyl (C=O) groups is 1. The van der Waals surface area contributed by atoms with Crippen LogP contribution in [0.25, 0.3) is 0 Å². The largest absolute Gasteiger partial charge is 0.469 e. The van der Waals surface area contributed by atoms with E-state index in [-0.39, 0.29) is 40.8 Å². The molecular formula is C32H52O5. The Kier molecular flexibility index (Phi) is 6.57. The van der Waals surface area contributed by atoms with E-state index in [1.807, 2.05) is 0 Å².